The number of primary amides is 1. The van der Waals surface area contributed by atoms with Crippen molar-refractivity contribution in [3.8, 4) is 0 Å². The van der Waals surface area contributed by atoms with Crippen molar-refractivity contribution in [3.63, 3.8) is 0 Å². The van der Waals surface area contributed by atoms with Crippen LogP contribution < -0.4 is 16.4 Å². The first kappa shape index (κ1) is 31.0. The molecule has 3 amide bonds. The third-order valence-electron chi connectivity index (χ3n) is 4.19. The SMILES string of the molecule is C[C@H](CC(=O)[C@H](C)NC(=O)Cc1ccncc1)C(=O)N[C@@H](CC(N)=O)C(=O)O.O=C(O)C(F)(F)F. The van der Waals surface area contributed by atoms with Crippen LogP contribution in [0.1, 0.15) is 32.3 Å². The van der Waals surface area contributed by atoms with Gasteiger partial charge in [-0.25, -0.2) is 9.59 Å². The van der Waals surface area contributed by atoms with E-state index < -0.39 is 54.4 Å². The number of halogens is 3. The summed E-state index contributed by atoms with van der Waals surface area (Å²) in [6.45, 7) is 2.95. The van der Waals surface area contributed by atoms with Crippen molar-refractivity contribution >= 4 is 35.4 Å². The molecule has 1 aromatic heterocycles. The second-order valence-corrected chi connectivity index (χ2v) is 7.27. The topological polar surface area (TPSA) is 206 Å². The van der Waals surface area contributed by atoms with E-state index in [0.717, 1.165) is 5.56 Å². The van der Waals surface area contributed by atoms with Crippen LogP contribution in [0.15, 0.2) is 24.5 Å². The predicted octanol–water partition coefficient (Wildman–Crippen LogP) is -0.198. The Hall–Kier alpha value is -4.04. The number of nitrogens with zero attached hydrogens (tertiary/aromatic N) is 1. The summed E-state index contributed by atoms with van der Waals surface area (Å²) in [5, 5.41) is 20.9. The van der Waals surface area contributed by atoms with Crippen LogP contribution in [-0.4, -0.2) is 68.9 Å². The molecule has 0 radical (unpaired) electrons. The number of nitrogens with two attached hydrogens (primary N) is 1. The fourth-order valence-electron chi connectivity index (χ4n) is 2.35. The van der Waals surface area contributed by atoms with Crippen LogP contribution in [0.2, 0.25) is 0 Å². The van der Waals surface area contributed by atoms with Crippen LogP contribution in [0.25, 0.3) is 0 Å². The molecule has 35 heavy (non-hydrogen) atoms. The number of rotatable bonds is 11. The van der Waals surface area contributed by atoms with Gasteiger partial charge in [0.2, 0.25) is 17.7 Å². The largest absolute Gasteiger partial charge is 0.490 e. The van der Waals surface area contributed by atoms with Gasteiger partial charge < -0.3 is 26.6 Å². The average Bonchev–Trinajstić information content (AvgIpc) is 2.72. The molecule has 0 aromatic carbocycles. The summed E-state index contributed by atoms with van der Waals surface area (Å²) in [4.78, 5) is 71.0. The van der Waals surface area contributed by atoms with Crippen molar-refractivity contribution in [1.29, 1.82) is 0 Å². The quantitative estimate of drug-likeness (QED) is 0.269. The van der Waals surface area contributed by atoms with E-state index in [0.29, 0.717) is 0 Å². The minimum Gasteiger partial charge on any atom is -0.480 e. The molecule has 0 bridgehead atoms. The lowest BCUT2D eigenvalue weighted by Crippen LogP contribution is -2.46. The second-order valence-electron chi connectivity index (χ2n) is 7.27. The molecular weight excluding hydrogens is 481 g/mol. The Labute approximate surface area is 197 Å². The first-order valence-corrected chi connectivity index (χ1v) is 9.87. The molecule has 0 unspecified atom stereocenters. The highest BCUT2D eigenvalue weighted by Gasteiger charge is 2.38. The van der Waals surface area contributed by atoms with Gasteiger partial charge in [-0.1, -0.05) is 6.92 Å². The lowest BCUT2D eigenvalue weighted by Gasteiger charge is -2.18. The van der Waals surface area contributed by atoms with Crippen molar-refractivity contribution in [2.45, 2.75) is 51.4 Å². The molecule has 12 nitrogen and oxygen atoms in total. The van der Waals surface area contributed by atoms with E-state index >= 15 is 0 Å². The molecule has 15 heteroatoms. The van der Waals surface area contributed by atoms with Gasteiger partial charge in [0.1, 0.15) is 6.04 Å². The minimum absolute atomic E-state index is 0.0869. The molecule has 0 aliphatic rings. The van der Waals surface area contributed by atoms with E-state index in [-0.39, 0.29) is 24.5 Å². The molecule has 0 spiro atoms. The van der Waals surface area contributed by atoms with E-state index in [9.17, 15) is 37.1 Å². The smallest absolute Gasteiger partial charge is 0.480 e. The molecule has 1 heterocycles. The number of aromatic nitrogens is 1. The maximum absolute atomic E-state index is 12.2. The van der Waals surface area contributed by atoms with Gasteiger partial charge in [0.15, 0.2) is 5.78 Å². The van der Waals surface area contributed by atoms with Gasteiger partial charge in [-0.15, -0.1) is 0 Å². The molecule has 0 aliphatic heterocycles. The summed E-state index contributed by atoms with van der Waals surface area (Å²) in [7, 11) is 0. The van der Waals surface area contributed by atoms with Crippen LogP contribution in [0.3, 0.4) is 0 Å². The Morgan fingerprint density at radius 2 is 1.51 bits per heavy atom. The minimum atomic E-state index is -5.08. The molecule has 0 saturated heterocycles. The highest BCUT2D eigenvalue weighted by Crippen LogP contribution is 2.13. The number of hydrogen-bond acceptors (Lipinski definition) is 7. The lowest BCUT2D eigenvalue weighted by molar-refractivity contribution is -0.192. The lowest BCUT2D eigenvalue weighted by atomic mass is 9.99. The van der Waals surface area contributed by atoms with Gasteiger partial charge in [0, 0.05) is 24.7 Å². The summed E-state index contributed by atoms with van der Waals surface area (Å²) in [6, 6.07) is 1.10. The number of carboxylic acid groups (broad SMARTS) is 2. The van der Waals surface area contributed by atoms with Crippen LogP contribution in [0.5, 0.6) is 0 Å². The normalized spacial score (nSPS) is 13.2. The number of carbonyl (C=O) groups excluding carboxylic acids is 4. The summed E-state index contributed by atoms with van der Waals surface area (Å²) in [6.07, 6.45) is -2.64. The summed E-state index contributed by atoms with van der Waals surface area (Å²) in [5.74, 6) is -7.31. The number of carbonyl (C=O) groups is 6. The van der Waals surface area contributed by atoms with E-state index in [1.807, 2.05) is 0 Å². The number of pyridine rings is 1. The van der Waals surface area contributed by atoms with Gasteiger partial charge >= 0.3 is 18.1 Å². The van der Waals surface area contributed by atoms with Crippen molar-refractivity contribution in [1.82, 2.24) is 15.6 Å². The number of ketones is 1. The summed E-state index contributed by atoms with van der Waals surface area (Å²) < 4.78 is 31.7. The van der Waals surface area contributed by atoms with Gasteiger partial charge in [0.25, 0.3) is 0 Å². The highest BCUT2D eigenvalue weighted by atomic mass is 19.4. The van der Waals surface area contributed by atoms with Crippen molar-refractivity contribution in [2.75, 3.05) is 0 Å². The Balaban J connectivity index is 0.00000143. The second kappa shape index (κ2) is 14.3. The zero-order valence-electron chi connectivity index (χ0n) is 18.7. The number of hydrogen-bond donors (Lipinski definition) is 5. The number of nitrogens with one attached hydrogen (secondary N) is 2. The molecule has 194 valence electrons. The molecule has 0 fully saturated rings. The number of amides is 3. The predicted molar refractivity (Wildman–Crippen MR) is 111 cm³/mol. The van der Waals surface area contributed by atoms with Gasteiger partial charge in [0.05, 0.1) is 18.9 Å². The number of alkyl halides is 3. The zero-order chi connectivity index (χ0) is 27.3. The first-order chi connectivity index (χ1) is 16.0. The van der Waals surface area contributed by atoms with E-state index in [1.165, 1.54) is 13.8 Å². The number of carboxylic acids is 2. The van der Waals surface area contributed by atoms with Gasteiger partial charge in [-0.05, 0) is 24.6 Å². The van der Waals surface area contributed by atoms with Crippen LogP contribution in [0, 0.1) is 5.92 Å². The maximum Gasteiger partial charge on any atom is 0.490 e. The number of Topliss-reactive ketones (excluding diaryl/α,β-unsaturated/α-hetero) is 1. The highest BCUT2D eigenvalue weighted by molar-refractivity contribution is 5.94. The summed E-state index contributed by atoms with van der Waals surface area (Å²) in [5.41, 5.74) is 5.70. The third-order valence-corrected chi connectivity index (χ3v) is 4.19. The van der Waals surface area contributed by atoms with E-state index in [1.54, 1.807) is 24.5 Å². The van der Waals surface area contributed by atoms with Crippen LogP contribution in [0.4, 0.5) is 13.2 Å². The molecule has 0 aliphatic carbocycles. The average molecular weight is 506 g/mol. The Morgan fingerprint density at radius 1 is 1.00 bits per heavy atom. The fourth-order valence-corrected chi connectivity index (χ4v) is 2.35. The molecule has 0 saturated carbocycles. The molecular formula is C20H25F3N4O8. The molecule has 1 aromatic rings. The fraction of sp³-hybridized carbons (Fsp3) is 0.450. The third kappa shape index (κ3) is 13.3. The van der Waals surface area contributed by atoms with Gasteiger partial charge in [-0.3, -0.25) is 24.2 Å². The van der Waals surface area contributed by atoms with Crippen LogP contribution in [-0.2, 0) is 35.2 Å². The molecule has 1 rings (SSSR count). The van der Waals surface area contributed by atoms with Gasteiger partial charge in [-0.2, -0.15) is 13.2 Å². The monoisotopic (exact) mass is 506 g/mol. The Kier molecular flexibility index (Phi) is 12.6. The van der Waals surface area contributed by atoms with Crippen LogP contribution >= 0.6 is 0 Å². The van der Waals surface area contributed by atoms with Crippen molar-refractivity contribution in [2.24, 2.45) is 11.7 Å². The zero-order valence-corrected chi connectivity index (χ0v) is 18.7. The standard InChI is InChI=1S/C18H24N4O6.C2HF3O2/c1-10(17(26)22-13(18(27)28)9-15(19)24)7-14(23)11(2)21-16(25)8-12-3-5-20-6-4-12;3-2(4,5)1(6)7/h3-6,10-11,13H,7-9H2,1-2H3,(H2,19,24)(H,21,25)(H,22,26)(H,27,28);(H,6,7)/t10-,11+,13+;/m1./s1. The Bertz CT molecular complexity index is 925. The first-order valence-electron chi connectivity index (χ1n) is 9.87. The molecule has 3 atom stereocenters. The Morgan fingerprint density at radius 3 is 1.94 bits per heavy atom. The molecule has 6 N–H and O–H groups in total. The maximum atomic E-state index is 12.2. The van der Waals surface area contributed by atoms with Crippen molar-refractivity contribution in [3.05, 3.63) is 30.1 Å². The van der Waals surface area contributed by atoms with Crippen molar-refractivity contribution < 1.29 is 52.2 Å². The van der Waals surface area contributed by atoms with E-state index in [2.05, 4.69) is 15.6 Å². The number of aliphatic carboxylic acids is 2. The van der Waals surface area contributed by atoms with E-state index in [4.69, 9.17) is 20.7 Å². The summed E-state index contributed by atoms with van der Waals surface area (Å²) >= 11 is 0.